The number of anilines is 1. The summed E-state index contributed by atoms with van der Waals surface area (Å²) < 4.78 is 36.3. The van der Waals surface area contributed by atoms with Gasteiger partial charge in [0.1, 0.15) is 18.1 Å². The standard InChI is InChI=1S/C19H26N2O5S2/c1-15(2)26-17-7-4-6-16(12-17)21(28(3,23)24)13-19(22)20-9-11-27-14-18-8-5-10-25-18/h4-8,10,12,15H,9,11,13-14H2,1-3H3,(H,20,22). The number of nitrogens with zero attached hydrogens (tertiary/aromatic N) is 1. The van der Waals surface area contributed by atoms with Gasteiger partial charge < -0.3 is 14.5 Å². The SMILES string of the molecule is CC(C)Oc1cccc(N(CC(=O)NCCSCc2ccco2)S(C)(=O)=O)c1. The second-order valence-corrected chi connectivity index (χ2v) is 9.43. The van der Waals surface area contributed by atoms with Gasteiger partial charge in [0.05, 0.1) is 30.1 Å². The largest absolute Gasteiger partial charge is 0.491 e. The van der Waals surface area contributed by atoms with E-state index in [1.165, 1.54) is 0 Å². The number of hydrogen-bond acceptors (Lipinski definition) is 6. The smallest absolute Gasteiger partial charge is 0.240 e. The summed E-state index contributed by atoms with van der Waals surface area (Å²) in [6, 6.07) is 10.4. The van der Waals surface area contributed by atoms with Crippen molar-refractivity contribution in [1.82, 2.24) is 5.32 Å². The average Bonchev–Trinajstić information content (AvgIpc) is 3.11. The van der Waals surface area contributed by atoms with E-state index >= 15 is 0 Å². The lowest BCUT2D eigenvalue weighted by molar-refractivity contribution is -0.119. The van der Waals surface area contributed by atoms with Crippen molar-refractivity contribution >= 4 is 33.4 Å². The minimum absolute atomic E-state index is 0.0380. The van der Waals surface area contributed by atoms with Crippen molar-refractivity contribution in [2.75, 3.05) is 29.4 Å². The molecule has 2 aromatic rings. The van der Waals surface area contributed by atoms with Crippen LogP contribution in [0.4, 0.5) is 5.69 Å². The van der Waals surface area contributed by atoms with Crippen LogP contribution in [0.15, 0.2) is 47.1 Å². The fraction of sp³-hybridized carbons (Fsp3) is 0.421. The van der Waals surface area contributed by atoms with E-state index in [4.69, 9.17) is 9.15 Å². The van der Waals surface area contributed by atoms with E-state index in [1.54, 1.807) is 42.3 Å². The van der Waals surface area contributed by atoms with Gasteiger partial charge in [0.25, 0.3) is 0 Å². The topological polar surface area (TPSA) is 88.8 Å². The molecular weight excluding hydrogens is 400 g/mol. The minimum Gasteiger partial charge on any atom is -0.491 e. The number of thioether (sulfide) groups is 1. The molecule has 1 amide bonds. The number of carbonyl (C=O) groups excluding carboxylic acids is 1. The van der Waals surface area contributed by atoms with Gasteiger partial charge >= 0.3 is 0 Å². The van der Waals surface area contributed by atoms with E-state index in [0.717, 1.165) is 22.1 Å². The summed E-state index contributed by atoms with van der Waals surface area (Å²) in [5.74, 6) is 2.49. The highest BCUT2D eigenvalue weighted by atomic mass is 32.2. The molecule has 0 spiro atoms. The first-order valence-electron chi connectivity index (χ1n) is 8.87. The van der Waals surface area contributed by atoms with Crippen LogP contribution in [0, 0.1) is 0 Å². The maximum absolute atomic E-state index is 12.3. The second kappa shape index (κ2) is 10.4. The zero-order valence-corrected chi connectivity index (χ0v) is 17.9. The predicted octanol–water partition coefficient (Wildman–Crippen LogP) is 2.88. The van der Waals surface area contributed by atoms with Crippen LogP contribution in [0.3, 0.4) is 0 Å². The summed E-state index contributed by atoms with van der Waals surface area (Å²) >= 11 is 1.62. The maximum atomic E-state index is 12.3. The fourth-order valence-corrected chi connectivity index (χ4v) is 4.01. The van der Waals surface area contributed by atoms with Crippen molar-refractivity contribution in [1.29, 1.82) is 0 Å². The first kappa shape index (κ1) is 22.2. The number of furan rings is 1. The van der Waals surface area contributed by atoms with E-state index in [0.29, 0.717) is 23.7 Å². The summed E-state index contributed by atoms with van der Waals surface area (Å²) in [4.78, 5) is 12.3. The molecular formula is C19H26N2O5S2. The molecule has 0 aliphatic heterocycles. The highest BCUT2D eigenvalue weighted by Gasteiger charge is 2.21. The van der Waals surface area contributed by atoms with Gasteiger partial charge in [0.15, 0.2) is 0 Å². The summed E-state index contributed by atoms with van der Waals surface area (Å²) in [6.07, 6.45) is 2.66. The third-order valence-electron chi connectivity index (χ3n) is 3.56. The molecule has 0 saturated heterocycles. The van der Waals surface area contributed by atoms with E-state index in [9.17, 15) is 13.2 Å². The van der Waals surface area contributed by atoms with Crippen LogP contribution in [-0.2, 0) is 20.6 Å². The Morgan fingerprint density at radius 1 is 1.29 bits per heavy atom. The first-order valence-corrected chi connectivity index (χ1v) is 11.9. The Hall–Kier alpha value is -2.13. The fourth-order valence-electron chi connectivity index (χ4n) is 2.40. The van der Waals surface area contributed by atoms with Crippen molar-refractivity contribution in [2.24, 2.45) is 0 Å². The van der Waals surface area contributed by atoms with Gasteiger partial charge in [-0.15, -0.1) is 0 Å². The van der Waals surface area contributed by atoms with Crippen molar-refractivity contribution in [3.8, 4) is 5.75 Å². The highest BCUT2D eigenvalue weighted by Crippen LogP contribution is 2.23. The van der Waals surface area contributed by atoms with Crippen molar-refractivity contribution < 1.29 is 22.4 Å². The Bertz CT molecular complexity index is 851. The molecule has 1 aromatic carbocycles. The number of ether oxygens (including phenoxy) is 1. The Balaban J connectivity index is 1.90. The van der Waals surface area contributed by atoms with Crippen LogP contribution in [0.2, 0.25) is 0 Å². The average molecular weight is 427 g/mol. The van der Waals surface area contributed by atoms with Gasteiger partial charge in [0.2, 0.25) is 15.9 Å². The number of hydrogen-bond donors (Lipinski definition) is 1. The lowest BCUT2D eigenvalue weighted by Gasteiger charge is -2.22. The number of sulfonamides is 1. The summed E-state index contributed by atoms with van der Waals surface area (Å²) in [5.41, 5.74) is 0.392. The van der Waals surface area contributed by atoms with Gasteiger partial charge in [-0.3, -0.25) is 9.10 Å². The molecule has 0 aliphatic rings. The van der Waals surface area contributed by atoms with Crippen molar-refractivity contribution in [3.63, 3.8) is 0 Å². The summed E-state index contributed by atoms with van der Waals surface area (Å²) in [7, 11) is -3.62. The van der Waals surface area contributed by atoms with Crippen LogP contribution in [0.1, 0.15) is 19.6 Å². The van der Waals surface area contributed by atoms with Gasteiger partial charge in [-0.05, 0) is 38.1 Å². The minimum atomic E-state index is -3.62. The van der Waals surface area contributed by atoms with Gasteiger partial charge in [0, 0.05) is 18.4 Å². The summed E-state index contributed by atoms with van der Waals surface area (Å²) in [5, 5.41) is 2.75. The molecule has 1 aromatic heterocycles. The Morgan fingerprint density at radius 3 is 2.71 bits per heavy atom. The molecule has 0 aliphatic carbocycles. The third kappa shape index (κ3) is 7.47. The number of amides is 1. The number of carbonyl (C=O) groups is 1. The molecule has 1 N–H and O–H groups in total. The van der Waals surface area contributed by atoms with Crippen molar-refractivity contribution in [2.45, 2.75) is 25.7 Å². The molecule has 154 valence electrons. The molecule has 7 nitrogen and oxygen atoms in total. The van der Waals surface area contributed by atoms with E-state index in [-0.39, 0.29) is 18.6 Å². The molecule has 9 heteroatoms. The zero-order chi connectivity index (χ0) is 20.6. The quantitative estimate of drug-likeness (QED) is 0.556. The van der Waals surface area contributed by atoms with Crippen LogP contribution >= 0.6 is 11.8 Å². The Kier molecular flexibility index (Phi) is 8.25. The van der Waals surface area contributed by atoms with E-state index in [1.807, 2.05) is 26.0 Å². The van der Waals surface area contributed by atoms with Gasteiger partial charge in [-0.1, -0.05) is 6.07 Å². The number of nitrogens with one attached hydrogen (secondary N) is 1. The normalized spacial score (nSPS) is 11.4. The van der Waals surface area contributed by atoms with Crippen molar-refractivity contribution in [3.05, 3.63) is 48.4 Å². The van der Waals surface area contributed by atoms with E-state index in [2.05, 4.69) is 5.32 Å². The zero-order valence-electron chi connectivity index (χ0n) is 16.3. The summed E-state index contributed by atoms with van der Waals surface area (Å²) in [6.45, 7) is 3.93. The van der Waals surface area contributed by atoms with E-state index < -0.39 is 10.0 Å². The molecule has 0 saturated carbocycles. The highest BCUT2D eigenvalue weighted by molar-refractivity contribution is 7.98. The molecule has 0 radical (unpaired) electrons. The maximum Gasteiger partial charge on any atom is 0.240 e. The van der Waals surface area contributed by atoms with Crippen LogP contribution < -0.4 is 14.4 Å². The number of benzene rings is 1. The molecule has 0 atom stereocenters. The first-order chi connectivity index (χ1) is 13.3. The number of rotatable bonds is 11. The molecule has 0 fully saturated rings. The Labute approximate surface area is 170 Å². The lowest BCUT2D eigenvalue weighted by atomic mass is 10.3. The van der Waals surface area contributed by atoms with Crippen LogP contribution in [-0.4, -0.2) is 45.5 Å². The monoisotopic (exact) mass is 426 g/mol. The molecule has 1 heterocycles. The second-order valence-electron chi connectivity index (χ2n) is 6.42. The molecule has 0 unspecified atom stereocenters. The lowest BCUT2D eigenvalue weighted by Crippen LogP contribution is -2.41. The Morgan fingerprint density at radius 2 is 2.07 bits per heavy atom. The van der Waals surface area contributed by atoms with Crippen LogP contribution in [0.25, 0.3) is 0 Å². The molecule has 2 rings (SSSR count). The predicted molar refractivity (Wildman–Crippen MR) is 112 cm³/mol. The van der Waals surface area contributed by atoms with Gasteiger partial charge in [-0.25, -0.2) is 8.42 Å². The third-order valence-corrected chi connectivity index (χ3v) is 5.68. The van der Waals surface area contributed by atoms with Gasteiger partial charge in [-0.2, -0.15) is 11.8 Å². The molecule has 28 heavy (non-hydrogen) atoms. The molecule has 0 bridgehead atoms. The van der Waals surface area contributed by atoms with Crippen LogP contribution in [0.5, 0.6) is 5.75 Å².